The molecule has 0 aliphatic heterocycles. The van der Waals surface area contributed by atoms with Gasteiger partial charge in [-0.15, -0.1) is 0 Å². The fourth-order valence-electron chi connectivity index (χ4n) is 2.63. The van der Waals surface area contributed by atoms with E-state index in [-0.39, 0.29) is 81.1 Å². The molecule has 2 radical (unpaired) electrons. The Hall–Kier alpha value is -0.990. The van der Waals surface area contributed by atoms with Gasteiger partial charge in [-0.1, -0.05) is 12.1 Å². The standard InChI is InChI=1S/C17H14N2O7S2.2Na/c18-12-3-1-2-10(6-12)17(20)19-13-4-5-15-11(7-13)8-14(27(21,22)23)9-16(15)28(24,25)26;;/h1-9H,18H2,(H,19,20)(H,21,22,23)(H,24,25,26);;. The van der Waals surface area contributed by atoms with E-state index in [1.54, 1.807) is 18.2 Å². The van der Waals surface area contributed by atoms with Gasteiger partial charge in [0.05, 0.1) is 4.90 Å². The van der Waals surface area contributed by atoms with Gasteiger partial charge in [0.1, 0.15) is 4.90 Å². The Bertz CT molecular complexity index is 1330. The van der Waals surface area contributed by atoms with E-state index in [9.17, 15) is 30.7 Å². The van der Waals surface area contributed by atoms with Gasteiger partial charge in [-0.25, -0.2) is 0 Å². The van der Waals surface area contributed by atoms with E-state index in [0.717, 1.165) is 6.07 Å². The molecule has 148 valence electrons. The second-order valence-corrected chi connectivity index (χ2v) is 8.70. The Morgan fingerprint density at radius 2 is 1.53 bits per heavy atom. The van der Waals surface area contributed by atoms with Gasteiger partial charge in [-0.2, -0.15) is 16.8 Å². The number of benzene rings is 3. The SMILES string of the molecule is Nc1cccc(C(=O)Nc2ccc3c(S(=O)(=O)O)cc(S(=O)(=O)O)cc3c2)c1.[Na].[Na]. The van der Waals surface area contributed by atoms with Gasteiger partial charge in [0.25, 0.3) is 26.1 Å². The Morgan fingerprint density at radius 1 is 0.867 bits per heavy atom. The van der Waals surface area contributed by atoms with Crippen molar-refractivity contribution in [1.29, 1.82) is 0 Å². The van der Waals surface area contributed by atoms with Crippen molar-refractivity contribution >= 4 is 107 Å². The van der Waals surface area contributed by atoms with Crippen molar-refractivity contribution < 1.29 is 30.7 Å². The first-order valence-corrected chi connectivity index (χ1v) is 10.5. The van der Waals surface area contributed by atoms with Crippen LogP contribution in [0.5, 0.6) is 0 Å². The number of hydrogen-bond acceptors (Lipinski definition) is 6. The minimum atomic E-state index is -4.77. The Labute approximate surface area is 217 Å². The molecule has 13 heteroatoms. The summed E-state index contributed by atoms with van der Waals surface area (Å²) in [5, 5.41) is 2.65. The van der Waals surface area contributed by atoms with Crippen LogP contribution in [-0.2, 0) is 20.2 Å². The van der Waals surface area contributed by atoms with E-state index in [1.807, 2.05) is 0 Å². The fraction of sp³-hybridized carbons (Fsp3) is 0. The van der Waals surface area contributed by atoms with Gasteiger partial charge < -0.3 is 11.1 Å². The fourth-order valence-corrected chi connectivity index (χ4v) is 3.99. The predicted octanol–water partition coefficient (Wildman–Crippen LogP) is 1.41. The third-order valence-corrected chi connectivity index (χ3v) is 5.60. The molecular weight excluding hydrogens is 454 g/mol. The first kappa shape index (κ1) is 27.0. The van der Waals surface area contributed by atoms with E-state index >= 15 is 0 Å². The molecule has 0 spiro atoms. The smallest absolute Gasteiger partial charge is 0.295 e. The van der Waals surface area contributed by atoms with Crippen molar-refractivity contribution in [2.45, 2.75) is 9.79 Å². The van der Waals surface area contributed by atoms with Crippen LogP contribution in [0.2, 0.25) is 0 Å². The number of fused-ring (bicyclic) bond motifs is 1. The second-order valence-electron chi connectivity index (χ2n) is 5.89. The molecule has 0 fully saturated rings. The first-order chi connectivity index (χ1) is 12.9. The normalized spacial score (nSPS) is 11.3. The molecule has 5 N–H and O–H groups in total. The van der Waals surface area contributed by atoms with Crippen molar-refractivity contribution in [2.24, 2.45) is 0 Å². The first-order valence-electron chi connectivity index (χ1n) is 7.65. The number of anilines is 2. The molecule has 3 rings (SSSR count). The maximum absolute atomic E-state index is 12.3. The molecule has 0 bridgehead atoms. The number of nitrogens with two attached hydrogens (primary N) is 1. The molecule has 0 saturated carbocycles. The molecule has 0 atom stereocenters. The largest absolute Gasteiger partial charge is 0.399 e. The number of carbonyl (C=O) groups is 1. The van der Waals surface area contributed by atoms with Crippen molar-refractivity contribution in [2.75, 3.05) is 11.1 Å². The molecule has 0 heterocycles. The summed E-state index contributed by atoms with van der Waals surface area (Å²) in [6, 6.07) is 11.9. The molecule has 1 amide bonds. The zero-order valence-electron chi connectivity index (χ0n) is 16.0. The molecule has 9 nitrogen and oxygen atoms in total. The number of rotatable bonds is 4. The van der Waals surface area contributed by atoms with Gasteiger partial charge in [0, 0.05) is 81.4 Å². The number of amides is 1. The van der Waals surface area contributed by atoms with Gasteiger partial charge in [-0.05, 0) is 47.9 Å². The van der Waals surface area contributed by atoms with E-state index < -0.39 is 35.9 Å². The van der Waals surface area contributed by atoms with Gasteiger partial charge in [0.15, 0.2) is 0 Å². The summed E-state index contributed by atoms with van der Waals surface area (Å²) in [7, 11) is -9.51. The van der Waals surface area contributed by atoms with Crippen molar-refractivity contribution in [1.82, 2.24) is 0 Å². The van der Waals surface area contributed by atoms with E-state index in [1.165, 1.54) is 24.3 Å². The van der Waals surface area contributed by atoms with E-state index in [0.29, 0.717) is 11.8 Å². The quantitative estimate of drug-likeness (QED) is 0.254. The van der Waals surface area contributed by atoms with Crippen molar-refractivity contribution in [3.63, 3.8) is 0 Å². The summed E-state index contributed by atoms with van der Waals surface area (Å²) in [5.41, 5.74) is 6.54. The monoisotopic (exact) mass is 468 g/mol. The van der Waals surface area contributed by atoms with Gasteiger partial charge in [-0.3, -0.25) is 13.9 Å². The average Bonchev–Trinajstić information content (AvgIpc) is 2.59. The average molecular weight is 468 g/mol. The summed E-state index contributed by atoms with van der Waals surface area (Å²) in [6.45, 7) is 0. The molecular formula is C17H14N2Na2O7S2. The summed E-state index contributed by atoms with van der Waals surface area (Å²) in [4.78, 5) is 10.9. The number of hydrogen-bond donors (Lipinski definition) is 4. The summed E-state index contributed by atoms with van der Waals surface area (Å²) in [6.07, 6.45) is 0. The van der Waals surface area contributed by atoms with Crippen LogP contribution in [0.3, 0.4) is 0 Å². The maximum atomic E-state index is 12.3. The molecule has 0 saturated heterocycles. The molecule has 0 aliphatic rings. The predicted molar refractivity (Wildman–Crippen MR) is 114 cm³/mol. The zero-order chi connectivity index (χ0) is 20.7. The van der Waals surface area contributed by atoms with E-state index in [4.69, 9.17) is 5.73 Å². The molecule has 0 aliphatic carbocycles. The minimum Gasteiger partial charge on any atom is -0.399 e. The van der Waals surface area contributed by atoms with Crippen LogP contribution in [0.1, 0.15) is 10.4 Å². The molecule has 30 heavy (non-hydrogen) atoms. The summed E-state index contributed by atoms with van der Waals surface area (Å²) in [5.74, 6) is -0.493. The number of nitrogens with one attached hydrogen (secondary N) is 1. The van der Waals surface area contributed by atoms with Crippen LogP contribution >= 0.6 is 0 Å². The summed E-state index contributed by atoms with van der Waals surface area (Å²) >= 11 is 0. The van der Waals surface area contributed by atoms with Crippen molar-refractivity contribution in [3.05, 3.63) is 60.2 Å². The van der Waals surface area contributed by atoms with Crippen molar-refractivity contribution in [3.8, 4) is 0 Å². The summed E-state index contributed by atoms with van der Waals surface area (Å²) < 4.78 is 64.7. The number of nitrogen functional groups attached to an aromatic ring is 1. The molecule has 0 aromatic heterocycles. The Morgan fingerprint density at radius 3 is 2.10 bits per heavy atom. The minimum absolute atomic E-state index is 0. The van der Waals surface area contributed by atoms with Crippen LogP contribution in [0.25, 0.3) is 10.8 Å². The van der Waals surface area contributed by atoms with Crippen LogP contribution < -0.4 is 11.1 Å². The van der Waals surface area contributed by atoms with Crippen LogP contribution in [0, 0.1) is 0 Å². The van der Waals surface area contributed by atoms with Gasteiger partial charge >= 0.3 is 0 Å². The van der Waals surface area contributed by atoms with Crippen LogP contribution in [-0.4, -0.2) is 91.0 Å². The topological polar surface area (TPSA) is 164 Å². The van der Waals surface area contributed by atoms with E-state index in [2.05, 4.69) is 5.32 Å². The molecule has 3 aromatic rings. The van der Waals surface area contributed by atoms with Crippen LogP contribution in [0.4, 0.5) is 11.4 Å². The molecule has 3 aromatic carbocycles. The zero-order valence-corrected chi connectivity index (χ0v) is 21.7. The Balaban J connectivity index is 0.00000225. The second kappa shape index (κ2) is 10.1. The third-order valence-electron chi connectivity index (χ3n) is 3.87. The number of carbonyl (C=O) groups excluding carboxylic acids is 1. The molecule has 0 unspecified atom stereocenters. The maximum Gasteiger partial charge on any atom is 0.295 e. The Kier molecular flexibility index (Phi) is 9.09. The third kappa shape index (κ3) is 6.26. The van der Waals surface area contributed by atoms with Crippen LogP contribution in [0.15, 0.2) is 64.4 Å². The van der Waals surface area contributed by atoms with Gasteiger partial charge in [0.2, 0.25) is 0 Å².